The van der Waals surface area contributed by atoms with E-state index in [4.69, 9.17) is 11.6 Å². The van der Waals surface area contributed by atoms with Crippen molar-refractivity contribution in [3.05, 3.63) is 105 Å². The number of halogens is 1. The molecular formula is C30H33ClN2O3S. The number of hydrogen-bond acceptors (Lipinski definition) is 3. The number of carbonyl (C=O) groups is 1. The van der Waals surface area contributed by atoms with E-state index in [1.165, 1.54) is 4.31 Å². The molecule has 0 aliphatic carbocycles. The first-order chi connectivity index (χ1) is 17.3. The second-order valence-electron chi connectivity index (χ2n) is 11.3. The van der Waals surface area contributed by atoms with Crippen molar-refractivity contribution in [3.63, 3.8) is 0 Å². The maximum absolute atomic E-state index is 14.3. The quantitative estimate of drug-likeness (QED) is 0.377. The molecule has 0 saturated carbocycles. The first kappa shape index (κ1) is 27.0. The number of anilines is 1. The summed E-state index contributed by atoms with van der Waals surface area (Å²) in [5, 5.41) is 3.49. The van der Waals surface area contributed by atoms with E-state index in [2.05, 4.69) is 26.1 Å². The van der Waals surface area contributed by atoms with Gasteiger partial charge in [0, 0.05) is 21.7 Å². The van der Waals surface area contributed by atoms with Gasteiger partial charge >= 0.3 is 0 Å². The van der Waals surface area contributed by atoms with Crippen LogP contribution in [0.2, 0.25) is 5.02 Å². The average Bonchev–Trinajstić information content (AvgIpc) is 2.79. The Morgan fingerprint density at radius 1 is 0.892 bits per heavy atom. The van der Waals surface area contributed by atoms with Crippen molar-refractivity contribution in [2.24, 2.45) is 5.41 Å². The van der Waals surface area contributed by atoms with E-state index < -0.39 is 21.5 Å². The van der Waals surface area contributed by atoms with Crippen molar-refractivity contribution in [1.82, 2.24) is 5.32 Å². The summed E-state index contributed by atoms with van der Waals surface area (Å²) in [6.45, 7) is 10.2. The SMILES string of the molecule is CC(C)(C)CC(C)(C)NC(=O)C1=C(c2ccccc2)c2cc(Cl)ccc2N(Cc2ccccc2)S1(=O)=O. The lowest BCUT2D eigenvalue weighted by Gasteiger charge is -2.36. The Morgan fingerprint density at radius 2 is 1.49 bits per heavy atom. The van der Waals surface area contributed by atoms with E-state index in [9.17, 15) is 13.2 Å². The Bertz CT molecular complexity index is 1440. The number of carbonyl (C=O) groups excluding carboxylic acids is 1. The number of amides is 1. The average molecular weight is 537 g/mol. The Balaban J connectivity index is 1.96. The zero-order valence-corrected chi connectivity index (χ0v) is 23.5. The molecule has 1 aliphatic rings. The summed E-state index contributed by atoms with van der Waals surface area (Å²) in [5.41, 5.74) is 2.17. The van der Waals surface area contributed by atoms with Crippen molar-refractivity contribution in [2.45, 2.75) is 53.1 Å². The van der Waals surface area contributed by atoms with Gasteiger partial charge in [-0.3, -0.25) is 9.10 Å². The lowest BCUT2D eigenvalue weighted by Crippen LogP contribution is -2.49. The predicted molar refractivity (Wildman–Crippen MR) is 152 cm³/mol. The number of benzene rings is 3. The molecule has 0 atom stereocenters. The van der Waals surface area contributed by atoms with Gasteiger partial charge in [0.25, 0.3) is 15.9 Å². The van der Waals surface area contributed by atoms with Crippen LogP contribution in [0, 0.1) is 5.41 Å². The molecule has 0 saturated heterocycles. The molecule has 1 aliphatic heterocycles. The first-order valence-corrected chi connectivity index (χ1v) is 14.1. The number of fused-ring (bicyclic) bond motifs is 1. The molecular weight excluding hydrogens is 504 g/mol. The van der Waals surface area contributed by atoms with E-state index in [1.54, 1.807) is 18.2 Å². The summed E-state index contributed by atoms with van der Waals surface area (Å²) >= 11 is 6.42. The summed E-state index contributed by atoms with van der Waals surface area (Å²) in [6.07, 6.45) is 0.663. The van der Waals surface area contributed by atoms with Gasteiger partial charge in [-0.25, -0.2) is 8.42 Å². The zero-order chi connectivity index (χ0) is 27.0. The molecule has 4 rings (SSSR count). The fraction of sp³-hybridized carbons (Fsp3) is 0.300. The van der Waals surface area contributed by atoms with Gasteiger partial charge in [-0.1, -0.05) is 93.0 Å². The Morgan fingerprint density at radius 3 is 2.08 bits per heavy atom. The highest BCUT2D eigenvalue weighted by molar-refractivity contribution is 7.97. The molecule has 0 unspecified atom stereocenters. The fourth-order valence-electron chi connectivity index (χ4n) is 5.19. The molecule has 0 fully saturated rings. The van der Waals surface area contributed by atoms with Crippen LogP contribution in [0.3, 0.4) is 0 Å². The fourth-order valence-corrected chi connectivity index (χ4v) is 7.09. The lowest BCUT2D eigenvalue weighted by molar-refractivity contribution is -0.118. The Hall–Kier alpha value is -3.09. The van der Waals surface area contributed by atoms with E-state index in [0.29, 0.717) is 33.8 Å². The van der Waals surface area contributed by atoms with Crippen molar-refractivity contribution in [2.75, 3.05) is 4.31 Å². The second kappa shape index (κ2) is 9.99. The minimum Gasteiger partial charge on any atom is -0.346 e. The van der Waals surface area contributed by atoms with Crippen molar-refractivity contribution in [3.8, 4) is 0 Å². The monoisotopic (exact) mass is 536 g/mol. The molecule has 0 bridgehead atoms. The van der Waals surface area contributed by atoms with Gasteiger partial charge in [0.15, 0.2) is 4.91 Å². The molecule has 3 aromatic carbocycles. The van der Waals surface area contributed by atoms with Gasteiger partial charge in [-0.2, -0.15) is 0 Å². The number of hydrogen-bond donors (Lipinski definition) is 1. The number of nitrogens with zero attached hydrogens (tertiary/aromatic N) is 1. The molecule has 0 radical (unpaired) electrons. The summed E-state index contributed by atoms with van der Waals surface area (Å²) in [6, 6.07) is 23.6. The van der Waals surface area contributed by atoms with Gasteiger partial charge in [0.1, 0.15) is 0 Å². The number of sulfonamides is 1. The zero-order valence-electron chi connectivity index (χ0n) is 21.9. The normalized spacial score (nSPS) is 15.4. The molecule has 3 aromatic rings. The van der Waals surface area contributed by atoms with E-state index in [1.807, 2.05) is 74.5 Å². The van der Waals surface area contributed by atoms with E-state index in [0.717, 1.165) is 5.56 Å². The lowest BCUT2D eigenvalue weighted by atomic mass is 9.81. The third kappa shape index (κ3) is 5.91. The molecule has 0 spiro atoms. The molecule has 194 valence electrons. The molecule has 1 N–H and O–H groups in total. The van der Waals surface area contributed by atoms with Crippen LogP contribution in [0.1, 0.15) is 57.7 Å². The highest BCUT2D eigenvalue weighted by Gasteiger charge is 2.43. The smallest absolute Gasteiger partial charge is 0.270 e. The van der Waals surface area contributed by atoms with Gasteiger partial charge < -0.3 is 5.32 Å². The summed E-state index contributed by atoms with van der Waals surface area (Å²) in [4.78, 5) is 13.7. The summed E-state index contributed by atoms with van der Waals surface area (Å²) in [5.74, 6) is -0.628. The highest BCUT2D eigenvalue weighted by atomic mass is 35.5. The third-order valence-corrected chi connectivity index (χ3v) is 8.18. The largest absolute Gasteiger partial charge is 0.346 e. The van der Waals surface area contributed by atoms with E-state index in [-0.39, 0.29) is 16.9 Å². The predicted octanol–water partition coefficient (Wildman–Crippen LogP) is 6.78. The molecule has 1 amide bonds. The van der Waals surface area contributed by atoms with Crippen LogP contribution < -0.4 is 9.62 Å². The van der Waals surface area contributed by atoms with Crippen LogP contribution in [-0.4, -0.2) is 19.9 Å². The van der Waals surface area contributed by atoms with Crippen molar-refractivity contribution >= 4 is 38.8 Å². The molecule has 0 aromatic heterocycles. The number of nitrogens with one attached hydrogen (secondary N) is 1. The van der Waals surface area contributed by atoms with Gasteiger partial charge in [0.2, 0.25) is 0 Å². The minimum atomic E-state index is -4.24. The van der Waals surface area contributed by atoms with Crippen LogP contribution in [0.15, 0.2) is 83.8 Å². The third-order valence-electron chi connectivity index (χ3n) is 6.13. The second-order valence-corrected chi connectivity index (χ2v) is 13.5. The molecule has 7 heteroatoms. The van der Waals surface area contributed by atoms with Crippen LogP contribution in [0.4, 0.5) is 5.69 Å². The topological polar surface area (TPSA) is 66.5 Å². The molecule has 5 nitrogen and oxygen atoms in total. The highest BCUT2D eigenvalue weighted by Crippen LogP contribution is 2.44. The Kier molecular flexibility index (Phi) is 7.28. The Labute approximate surface area is 225 Å². The first-order valence-electron chi connectivity index (χ1n) is 12.3. The van der Waals surface area contributed by atoms with Gasteiger partial charge in [0.05, 0.1) is 12.2 Å². The summed E-state index contributed by atoms with van der Waals surface area (Å²) in [7, 11) is -4.24. The van der Waals surface area contributed by atoms with Crippen molar-refractivity contribution in [1.29, 1.82) is 0 Å². The van der Waals surface area contributed by atoms with Crippen LogP contribution in [-0.2, 0) is 21.4 Å². The maximum Gasteiger partial charge on any atom is 0.270 e. The van der Waals surface area contributed by atoms with Gasteiger partial charge in [-0.15, -0.1) is 0 Å². The maximum atomic E-state index is 14.3. The van der Waals surface area contributed by atoms with Crippen LogP contribution in [0.25, 0.3) is 5.57 Å². The minimum absolute atomic E-state index is 0.0711. The molecule has 1 heterocycles. The van der Waals surface area contributed by atoms with E-state index >= 15 is 0 Å². The number of rotatable bonds is 6. The van der Waals surface area contributed by atoms with Crippen molar-refractivity contribution < 1.29 is 13.2 Å². The van der Waals surface area contributed by atoms with Crippen LogP contribution in [0.5, 0.6) is 0 Å². The van der Waals surface area contributed by atoms with Crippen LogP contribution >= 0.6 is 11.6 Å². The standard InChI is InChI=1S/C30H33ClN2O3S/c1-29(2,3)20-30(4,5)32-28(34)27-26(22-14-10-7-11-15-22)24-18-23(31)16-17-25(24)33(37(27,35)36)19-21-12-8-6-9-13-21/h6-18H,19-20H2,1-5H3,(H,32,34). The molecule has 37 heavy (non-hydrogen) atoms. The summed E-state index contributed by atoms with van der Waals surface area (Å²) < 4.78 is 30.0. The van der Waals surface area contributed by atoms with Gasteiger partial charge in [-0.05, 0) is 55.0 Å².